The number of amides is 1. The van der Waals surface area contributed by atoms with Gasteiger partial charge in [0.25, 0.3) is 0 Å². The fourth-order valence-corrected chi connectivity index (χ4v) is 6.42. The van der Waals surface area contributed by atoms with Gasteiger partial charge in [-0.3, -0.25) is 14.5 Å². The summed E-state index contributed by atoms with van der Waals surface area (Å²) >= 11 is 0. The van der Waals surface area contributed by atoms with Gasteiger partial charge in [-0.2, -0.15) is 0 Å². The number of hydrogen-bond donors (Lipinski definition) is 3. The van der Waals surface area contributed by atoms with E-state index in [0.29, 0.717) is 25.8 Å². The Kier molecular flexibility index (Phi) is 12.8. The van der Waals surface area contributed by atoms with Crippen LogP contribution in [-0.2, 0) is 45.2 Å². The molecule has 0 spiro atoms. The zero-order chi connectivity index (χ0) is 33.9. The second-order valence-electron chi connectivity index (χ2n) is 12.6. The van der Waals surface area contributed by atoms with E-state index in [1.807, 2.05) is 48.5 Å². The number of aliphatic hydroxyl groups excluding tert-OH is 1. The van der Waals surface area contributed by atoms with Gasteiger partial charge < -0.3 is 34.5 Å². The van der Waals surface area contributed by atoms with Gasteiger partial charge in [0, 0.05) is 51.0 Å². The third-order valence-electron chi connectivity index (χ3n) is 9.16. The van der Waals surface area contributed by atoms with Gasteiger partial charge >= 0.3 is 5.97 Å². The molecule has 0 aliphatic carbocycles. The van der Waals surface area contributed by atoms with Crippen LogP contribution in [0.4, 0.5) is 0 Å². The molecule has 0 radical (unpaired) electrons. The number of carbonyl (C=O) groups excluding carboxylic acids is 1. The number of nitrogens with zero attached hydrogens (tertiary/aromatic N) is 1. The highest BCUT2D eigenvalue weighted by Crippen LogP contribution is 2.39. The molecule has 3 N–H and O–H groups in total. The molecule has 0 saturated carbocycles. The molecule has 2 heterocycles. The van der Waals surface area contributed by atoms with Crippen LogP contribution in [0.3, 0.4) is 0 Å². The van der Waals surface area contributed by atoms with Gasteiger partial charge in [0.05, 0.1) is 33.0 Å². The van der Waals surface area contributed by atoms with Crippen LogP contribution in [0.5, 0.6) is 11.5 Å². The first kappa shape index (κ1) is 35.3. The fraction of sp³-hybridized carbons (Fsp3) is 0.474. The second-order valence-corrected chi connectivity index (χ2v) is 12.6. The highest BCUT2D eigenvalue weighted by atomic mass is 16.7. The lowest BCUT2D eigenvalue weighted by molar-refractivity contribution is -0.253. The van der Waals surface area contributed by atoms with Crippen molar-refractivity contribution in [1.82, 2.24) is 10.2 Å². The van der Waals surface area contributed by atoms with Crippen LogP contribution in [0.25, 0.3) is 0 Å². The number of hydrogen-bond acceptors (Lipinski definition) is 8. The van der Waals surface area contributed by atoms with Gasteiger partial charge in [-0.25, -0.2) is 0 Å². The molecular weight excluding hydrogens is 612 g/mol. The summed E-state index contributed by atoms with van der Waals surface area (Å²) in [6, 6.07) is 20.1. The summed E-state index contributed by atoms with van der Waals surface area (Å²) in [6.45, 7) is 2.88. The minimum atomic E-state index is -0.777. The summed E-state index contributed by atoms with van der Waals surface area (Å²) in [6.07, 6.45) is 4.48. The molecule has 1 saturated heterocycles. The van der Waals surface area contributed by atoms with E-state index >= 15 is 0 Å². The molecule has 10 heteroatoms. The second kappa shape index (κ2) is 17.4. The number of aliphatic hydroxyl groups is 1. The summed E-state index contributed by atoms with van der Waals surface area (Å²) < 4.78 is 24.2. The first-order valence-corrected chi connectivity index (χ1v) is 16.9. The third-order valence-corrected chi connectivity index (χ3v) is 9.16. The van der Waals surface area contributed by atoms with Gasteiger partial charge in [-0.1, -0.05) is 61.4 Å². The molecule has 3 aromatic carbocycles. The highest BCUT2D eigenvalue weighted by molar-refractivity contribution is 5.75. The summed E-state index contributed by atoms with van der Waals surface area (Å²) in [7, 11) is 3.32. The summed E-state index contributed by atoms with van der Waals surface area (Å²) in [5.41, 5.74) is 6.31. The normalized spacial score (nSPS) is 19.4. The number of carbonyl (C=O) groups is 2. The molecule has 3 unspecified atom stereocenters. The molecule has 2 aliphatic rings. The number of unbranched alkanes of at least 4 members (excludes halogenated alkanes) is 3. The van der Waals surface area contributed by atoms with Gasteiger partial charge in [0.1, 0.15) is 0 Å². The van der Waals surface area contributed by atoms with Gasteiger partial charge in [-0.05, 0) is 59.2 Å². The van der Waals surface area contributed by atoms with Crippen molar-refractivity contribution in [2.75, 3.05) is 27.3 Å². The Hall–Kier alpha value is -3.96. The van der Waals surface area contributed by atoms with Crippen LogP contribution in [-0.4, -0.2) is 60.4 Å². The van der Waals surface area contributed by atoms with E-state index in [1.54, 1.807) is 14.2 Å². The van der Waals surface area contributed by atoms with E-state index in [2.05, 4.69) is 22.3 Å². The van der Waals surface area contributed by atoms with Crippen LogP contribution in [0.2, 0.25) is 0 Å². The van der Waals surface area contributed by atoms with Crippen molar-refractivity contribution < 1.29 is 38.7 Å². The maximum Gasteiger partial charge on any atom is 0.303 e. The molecule has 5 rings (SSSR count). The SMILES string of the molecule is COc1cc2c(cc1OC)CN(CC1CC(c3ccc(CO)cc3)OC(c3ccc(CNC(=O)CCCCCCC(=O)O)cc3)O1)CC2. The summed E-state index contributed by atoms with van der Waals surface area (Å²) in [4.78, 5) is 25.4. The average molecular weight is 661 g/mol. The van der Waals surface area contributed by atoms with E-state index < -0.39 is 12.3 Å². The Balaban J connectivity index is 1.20. The summed E-state index contributed by atoms with van der Waals surface area (Å²) in [5.74, 6) is 0.707. The lowest BCUT2D eigenvalue weighted by Gasteiger charge is -2.39. The highest BCUT2D eigenvalue weighted by Gasteiger charge is 2.34. The molecule has 2 aliphatic heterocycles. The minimum Gasteiger partial charge on any atom is -0.493 e. The Bertz CT molecular complexity index is 1490. The number of rotatable bonds is 16. The Morgan fingerprint density at radius 3 is 2.17 bits per heavy atom. The third kappa shape index (κ3) is 9.79. The van der Waals surface area contributed by atoms with Crippen molar-refractivity contribution in [3.63, 3.8) is 0 Å². The van der Waals surface area contributed by atoms with Crippen LogP contribution in [0.1, 0.15) is 90.7 Å². The largest absolute Gasteiger partial charge is 0.493 e. The standard InChI is InChI=1S/C38H48N2O8/c1-45-34-19-30-17-18-40(23-31(30)20-35(34)46-2)24-32-21-33(28-13-11-27(25-41)12-14-28)48-38(47-32)29-15-9-26(10-16-29)22-39-36(42)7-5-3-4-6-8-37(43)44/h9-16,19-20,32-33,38,41H,3-8,17-18,21-25H2,1-2H3,(H,39,42)(H,43,44). The van der Waals surface area contributed by atoms with E-state index in [-0.39, 0.29) is 31.1 Å². The van der Waals surface area contributed by atoms with Crippen molar-refractivity contribution in [3.05, 3.63) is 94.0 Å². The number of carboxylic acid groups (broad SMARTS) is 1. The smallest absolute Gasteiger partial charge is 0.303 e. The van der Waals surface area contributed by atoms with Crippen molar-refractivity contribution in [1.29, 1.82) is 0 Å². The topological polar surface area (TPSA) is 127 Å². The molecular formula is C38H48N2O8. The van der Waals surface area contributed by atoms with Crippen molar-refractivity contribution in [2.45, 2.75) is 89.6 Å². The molecule has 3 atom stereocenters. The predicted octanol–water partition coefficient (Wildman–Crippen LogP) is 5.84. The van der Waals surface area contributed by atoms with Crippen LogP contribution in [0.15, 0.2) is 60.7 Å². The molecule has 0 aromatic heterocycles. The molecule has 258 valence electrons. The van der Waals surface area contributed by atoms with Crippen molar-refractivity contribution >= 4 is 11.9 Å². The zero-order valence-electron chi connectivity index (χ0n) is 28.0. The fourth-order valence-electron chi connectivity index (χ4n) is 6.42. The first-order chi connectivity index (χ1) is 23.3. The van der Waals surface area contributed by atoms with Crippen LogP contribution in [0, 0.1) is 0 Å². The maximum atomic E-state index is 12.3. The van der Waals surface area contributed by atoms with Gasteiger partial charge in [-0.15, -0.1) is 0 Å². The molecule has 10 nitrogen and oxygen atoms in total. The molecule has 48 heavy (non-hydrogen) atoms. The van der Waals surface area contributed by atoms with Gasteiger partial charge in [0.15, 0.2) is 17.8 Å². The van der Waals surface area contributed by atoms with Crippen LogP contribution >= 0.6 is 0 Å². The number of aliphatic carboxylic acids is 1. The van der Waals surface area contributed by atoms with Crippen molar-refractivity contribution in [3.8, 4) is 11.5 Å². The quantitative estimate of drug-likeness (QED) is 0.162. The lowest BCUT2D eigenvalue weighted by Crippen LogP contribution is -2.41. The predicted molar refractivity (Wildman–Crippen MR) is 181 cm³/mol. The average Bonchev–Trinajstić information content (AvgIpc) is 3.11. The lowest BCUT2D eigenvalue weighted by atomic mass is 9.97. The Labute approximate surface area is 283 Å². The maximum absolute atomic E-state index is 12.3. The van der Waals surface area contributed by atoms with Gasteiger partial charge in [0.2, 0.25) is 5.91 Å². The molecule has 1 fully saturated rings. The zero-order valence-corrected chi connectivity index (χ0v) is 28.0. The molecule has 1 amide bonds. The number of carboxylic acids is 1. The Morgan fingerprint density at radius 2 is 1.50 bits per heavy atom. The number of fused-ring (bicyclic) bond motifs is 1. The molecule has 3 aromatic rings. The molecule has 0 bridgehead atoms. The number of nitrogens with one attached hydrogen (secondary N) is 1. The number of ether oxygens (including phenoxy) is 4. The van der Waals surface area contributed by atoms with E-state index in [1.165, 1.54) is 11.1 Å². The summed E-state index contributed by atoms with van der Waals surface area (Å²) in [5, 5.41) is 21.3. The Morgan fingerprint density at radius 1 is 0.854 bits per heavy atom. The number of benzene rings is 3. The monoisotopic (exact) mass is 660 g/mol. The first-order valence-electron chi connectivity index (χ1n) is 16.9. The number of methoxy groups -OCH3 is 2. The van der Waals surface area contributed by atoms with E-state index in [0.717, 1.165) is 79.1 Å². The van der Waals surface area contributed by atoms with E-state index in [9.17, 15) is 14.7 Å². The van der Waals surface area contributed by atoms with Crippen molar-refractivity contribution in [2.24, 2.45) is 0 Å². The minimum absolute atomic E-state index is 0.00530. The van der Waals surface area contributed by atoms with E-state index in [4.69, 9.17) is 24.1 Å². The van der Waals surface area contributed by atoms with Crippen LogP contribution < -0.4 is 14.8 Å².